The number of hydrogen-bond donors (Lipinski definition) is 0. The average Bonchev–Trinajstić information content (AvgIpc) is 3.07. The lowest BCUT2D eigenvalue weighted by Crippen LogP contribution is -2.34. The van der Waals surface area contributed by atoms with Gasteiger partial charge < -0.3 is 14.5 Å². The first-order valence-electron chi connectivity index (χ1n) is 11.5. The fourth-order valence-electron chi connectivity index (χ4n) is 5.34. The predicted octanol–water partition coefficient (Wildman–Crippen LogP) is 4.74. The fourth-order valence-corrected chi connectivity index (χ4v) is 5.34. The number of anilines is 1. The lowest BCUT2D eigenvalue weighted by molar-refractivity contribution is 0.0553. The first-order valence-corrected chi connectivity index (χ1v) is 11.5. The van der Waals surface area contributed by atoms with E-state index in [4.69, 9.17) is 4.74 Å². The van der Waals surface area contributed by atoms with E-state index in [1.165, 1.54) is 36.9 Å². The van der Waals surface area contributed by atoms with E-state index in [1.807, 2.05) is 18.2 Å². The van der Waals surface area contributed by atoms with E-state index < -0.39 is 0 Å². The standard InChI is InChI=1S/C26H32N2O2/c29-26(28-16-20-6-7-21(17-28)9-8-20)23-10-12-24(13-11-23)27-15-14-25(18-27)30-19-22-4-2-1-3-5-22/h1-5,10-13,20-21,25H,6-9,14-19H2. The lowest BCUT2D eigenvalue weighted by atomic mass is 9.84. The van der Waals surface area contributed by atoms with Crippen LogP contribution in [0.15, 0.2) is 54.6 Å². The highest BCUT2D eigenvalue weighted by Gasteiger charge is 2.32. The van der Waals surface area contributed by atoms with Gasteiger partial charge in [-0.2, -0.15) is 0 Å². The van der Waals surface area contributed by atoms with Gasteiger partial charge in [0.25, 0.3) is 5.91 Å². The Hall–Kier alpha value is -2.33. The van der Waals surface area contributed by atoms with Crippen molar-refractivity contribution in [3.63, 3.8) is 0 Å². The van der Waals surface area contributed by atoms with Crippen LogP contribution in [0.5, 0.6) is 0 Å². The van der Waals surface area contributed by atoms with E-state index in [0.717, 1.165) is 38.2 Å². The number of ether oxygens (including phenoxy) is 1. The molecule has 1 atom stereocenters. The Labute approximate surface area is 179 Å². The topological polar surface area (TPSA) is 32.8 Å². The molecule has 30 heavy (non-hydrogen) atoms. The van der Waals surface area contributed by atoms with Crippen molar-refractivity contribution in [2.45, 2.75) is 44.8 Å². The Morgan fingerprint density at radius 3 is 2.17 bits per heavy atom. The summed E-state index contributed by atoms with van der Waals surface area (Å²) in [6.07, 6.45) is 6.51. The SMILES string of the molecule is O=C(c1ccc(N2CCC(OCc3ccccc3)C2)cc1)N1CC2CCC(CC2)C1. The van der Waals surface area contributed by atoms with Gasteiger partial charge in [0, 0.05) is 37.4 Å². The molecule has 0 spiro atoms. The molecule has 2 aromatic rings. The highest BCUT2D eigenvalue weighted by atomic mass is 16.5. The predicted molar refractivity (Wildman–Crippen MR) is 120 cm³/mol. The Balaban J connectivity index is 1.17. The summed E-state index contributed by atoms with van der Waals surface area (Å²) >= 11 is 0. The van der Waals surface area contributed by atoms with E-state index in [1.54, 1.807) is 0 Å². The van der Waals surface area contributed by atoms with Crippen LogP contribution in [-0.2, 0) is 11.3 Å². The maximum absolute atomic E-state index is 13.1. The molecule has 3 heterocycles. The van der Waals surface area contributed by atoms with E-state index in [-0.39, 0.29) is 12.0 Å². The molecule has 3 saturated heterocycles. The van der Waals surface area contributed by atoms with Crippen LogP contribution >= 0.6 is 0 Å². The molecule has 4 fully saturated rings. The zero-order chi connectivity index (χ0) is 20.3. The zero-order valence-electron chi connectivity index (χ0n) is 17.7. The second-order valence-electron chi connectivity index (χ2n) is 9.30. The van der Waals surface area contributed by atoms with Gasteiger partial charge in [-0.1, -0.05) is 30.3 Å². The van der Waals surface area contributed by atoms with E-state index in [2.05, 4.69) is 46.2 Å². The fraction of sp³-hybridized carbons (Fsp3) is 0.500. The van der Waals surface area contributed by atoms with Gasteiger partial charge in [-0.25, -0.2) is 0 Å². The summed E-state index contributed by atoms with van der Waals surface area (Å²) in [7, 11) is 0. The Bertz CT molecular complexity index is 829. The van der Waals surface area contributed by atoms with Crippen LogP contribution in [0.3, 0.4) is 0 Å². The molecule has 4 nitrogen and oxygen atoms in total. The van der Waals surface area contributed by atoms with Gasteiger partial charge in [0.2, 0.25) is 0 Å². The molecule has 2 aromatic carbocycles. The smallest absolute Gasteiger partial charge is 0.253 e. The van der Waals surface area contributed by atoms with E-state index in [9.17, 15) is 4.79 Å². The zero-order valence-corrected chi connectivity index (χ0v) is 17.7. The van der Waals surface area contributed by atoms with Crippen LogP contribution in [0.1, 0.15) is 48.0 Å². The van der Waals surface area contributed by atoms with Gasteiger partial charge in [-0.15, -0.1) is 0 Å². The minimum atomic E-state index is 0.214. The third kappa shape index (κ3) is 4.39. The van der Waals surface area contributed by atoms with Crippen molar-refractivity contribution >= 4 is 11.6 Å². The number of carbonyl (C=O) groups is 1. The summed E-state index contributed by atoms with van der Waals surface area (Å²) in [5, 5.41) is 0. The normalized spacial score (nSPS) is 26.1. The lowest BCUT2D eigenvalue weighted by Gasteiger charge is -2.23. The number of hydrogen-bond acceptors (Lipinski definition) is 3. The second-order valence-corrected chi connectivity index (χ2v) is 9.30. The van der Waals surface area contributed by atoms with E-state index in [0.29, 0.717) is 18.4 Å². The summed E-state index contributed by atoms with van der Waals surface area (Å²) in [6.45, 7) is 4.48. The molecule has 4 heteroatoms. The van der Waals surface area contributed by atoms with Crippen LogP contribution in [-0.4, -0.2) is 43.1 Å². The van der Waals surface area contributed by atoms with Crippen molar-refractivity contribution in [3.05, 3.63) is 65.7 Å². The third-order valence-electron chi connectivity index (χ3n) is 7.16. The maximum atomic E-state index is 13.1. The van der Waals surface area contributed by atoms with Gasteiger partial charge in [-0.05, 0) is 73.8 Å². The quantitative estimate of drug-likeness (QED) is 0.721. The molecule has 4 aliphatic rings. The molecule has 1 unspecified atom stereocenters. The van der Waals surface area contributed by atoms with Crippen molar-refractivity contribution < 1.29 is 9.53 Å². The third-order valence-corrected chi connectivity index (χ3v) is 7.16. The van der Waals surface area contributed by atoms with Crippen LogP contribution in [0.2, 0.25) is 0 Å². The van der Waals surface area contributed by atoms with Gasteiger partial charge in [0.15, 0.2) is 0 Å². The second kappa shape index (κ2) is 8.81. The highest BCUT2D eigenvalue weighted by molar-refractivity contribution is 5.94. The first-order chi connectivity index (χ1) is 14.7. The first kappa shape index (κ1) is 19.6. The monoisotopic (exact) mass is 404 g/mol. The number of benzene rings is 2. The number of fused-ring (bicyclic) bond motifs is 4. The molecule has 1 aliphatic carbocycles. The summed E-state index contributed by atoms with van der Waals surface area (Å²) < 4.78 is 6.12. The minimum absolute atomic E-state index is 0.214. The number of nitrogens with zero attached hydrogens (tertiary/aromatic N) is 2. The van der Waals surface area contributed by atoms with Crippen molar-refractivity contribution in [1.29, 1.82) is 0 Å². The molecule has 2 bridgehead atoms. The van der Waals surface area contributed by atoms with Crippen LogP contribution in [0.25, 0.3) is 0 Å². The summed E-state index contributed by atoms with van der Waals surface area (Å²) in [5.74, 6) is 1.64. The van der Waals surface area contributed by atoms with Crippen molar-refractivity contribution in [3.8, 4) is 0 Å². The number of rotatable bonds is 5. The van der Waals surface area contributed by atoms with Gasteiger partial charge >= 0.3 is 0 Å². The molecule has 0 aromatic heterocycles. The van der Waals surface area contributed by atoms with E-state index >= 15 is 0 Å². The largest absolute Gasteiger partial charge is 0.372 e. The van der Waals surface area contributed by atoms with Gasteiger partial charge in [0.1, 0.15) is 0 Å². The van der Waals surface area contributed by atoms with Crippen LogP contribution in [0, 0.1) is 11.8 Å². The summed E-state index contributed by atoms with van der Waals surface area (Å²) in [5.41, 5.74) is 3.24. The number of carbonyl (C=O) groups excluding carboxylic acids is 1. The molecule has 1 amide bonds. The maximum Gasteiger partial charge on any atom is 0.253 e. The van der Waals surface area contributed by atoms with Crippen LogP contribution in [0.4, 0.5) is 5.69 Å². The average molecular weight is 405 g/mol. The highest BCUT2D eigenvalue weighted by Crippen LogP contribution is 2.34. The molecular weight excluding hydrogens is 372 g/mol. The molecule has 0 N–H and O–H groups in total. The van der Waals surface area contributed by atoms with Crippen molar-refractivity contribution in [2.75, 3.05) is 31.1 Å². The molecular formula is C26H32N2O2. The minimum Gasteiger partial charge on any atom is -0.372 e. The summed E-state index contributed by atoms with van der Waals surface area (Å²) in [6, 6.07) is 18.6. The van der Waals surface area contributed by atoms with Crippen LogP contribution < -0.4 is 4.90 Å². The number of amides is 1. The van der Waals surface area contributed by atoms with Gasteiger partial charge in [0.05, 0.1) is 12.7 Å². The Kier molecular flexibility index (Phi) is 5.76. The van der Waals surface area contributed by atoms with Crippen molar-refractivity contribution in [1.82, 2.24) is 4.90 Å². The van der Waals surface area contributed by atoms with Gasteiger partial charge in [-0.3, -0.25) is 4.79 Å². The molecule has 0 radical (unpaired) electrons. The molecule has 3 aliphatic heterocycles. The molecule has 1 saturated carbocycles. The van der Waals surface area contributed by atoms with Crippen molar-refractivity contribution in [2.24, 2.45) is 11.8 Å². The summed E-state index contributed by atoms with van der Waals surface area (Å²) in [4.78, 5) is 17.6. The Morgan fingerprint density at radius 2 is 1.50 bits per heavy atom. The molecule has 6 rings (SSSR count). The Morgan fingerprint density at radius 1 is 0.833 bits per heavy atom. The molecule has 158 valence electrons.